The molecule has 9 nitrogen and oxygen atoms in total. The topological polar surface area (TPSA) is 118 Å². The van der Waals surface area contributed by atoms with Crippen LogP contribution in [0.15, 0.2) is 50.9 Å². The van der Waals surface area contributed by atoms with Crippen molar-refractivity contribution in [3.05, 3.63) is 57.1 Å². The Balaban J connectivity index is 1.60. The third-order valence-electron chi connectivity index (χ3n) is 7.01. The summed E-state index contributed by atoms with van der Waals surface area (Å²) in [5.74, 6) is -0.0629. The molecule has 6 rings (SSSR count). The molecule has 4 heterocycles. The van der Waals surface area contributed by atoms with Crippen LogP contribution in [0, 0.1) is 0 Å². The molecule has 0 amide bonds. The highest BCUT2D eigenvalue weighted by atomic mass is 35.5. The highest BCUT2D eigenvalue weighted by Crippen LogP contribution is 2.45. The van der Waals surface area contributed by atoms with Crippen LogP contribution < -0.4 is 5.56 Å². The molecular formula is C26H21ClF3N5O4S2. The molecule has 1 aliphatic heterocycles. The minimum atomic E-state index is -4.58. The van der Waals surface area contributed by atoms with Crippen molar-refractivity contribution >= 4 is 59.3 Å². The lowest BCUT2D eigenvalue weighted by Crippen LogP contribution is -2.41. The van der Waals surface area contributed by atoms with Gasteiger partial charge in [-0.3, -0.25) is 19.3 Å². The zero-order chi connectivity index (χ0) is 29.4. The van der Waals surface area contributed by atoms with E-state index in [-0.39, 0.29) is 39.3 Å². The van der Waals surface area contributed by atoms with Gasteiger partial charge in [-0.1, -0.05) is 17.7 Å². The predicted octanol–water partition coefficient (Wildman–Crippen LogP) is 5.10. The van der Waals surface area contributed by atoms with Gasteiger partial charge in [0.15, 0.2) is 21.4 Å². The molecule has 1 atom stereocenters. The molecule has 1 aliphatic carbocycles. The Labute approximate surface area is 240 Å². The summed E-state index contributed by atoms with van der Waals surface area (Å²) in [4.78, 5) is 28.2. The highest BCUT2D eigenvalue weighted by molar-refractivity contribution is 7.90. The molecule has 0 radical (unpaired) electrons. The molecule has 214 valence electrons. The number of aromatic nitrogens is 3. The van der Waals surface area contributed by atoms with Crippen LogP contribution in [0.5, 0.6) is 5.75 Å². The van der Waals surface area contributed by atoms with Crippen molar-refractivity contribution in [2.24, 2.45) is 4.99 Å². The summed E-state index contributed by atoms with van der Waals surface area (Å²) in [5.41, 5.74) is 0.709. The van der Waals surface area contributed by atoms with Crippen LogP contribution in [0.2, 0.25) is 5.02 Å². The minimum absolute atomic E-state index is 0.0136. The molecule has 41 heavy (non-hydrogen) atoms. The van der Waals surface area contributed by atoms with Gasteiger partial charge in [0, 0.05) is 42.9 Å². The first-order valence-corrected chi connectivity index (χ1v) is 15.4. The predicted molar refractivity (Wildman–Crippen MR) is 151 cm³/mol. The van der Waals surface area contributed by atoms with E-state index in [1.165, 1.54) is 36.1 Å². The van der Waals surface area contributed by atoms with Crippen molar-refractivity contribution in [3.8, 4) is 17.3 Å². The zero-order valence-electron chi connectivity index (χ0n) is 21.5. The summed E-state index contributed by atoms with van der Waals surface area (Å²) in [5, 5.41) is 11.3. The van der Waals surface area contributed by atoms with E-state index in [9.17, 15) is 31.5 Å². The molecular weight excluding hydrogens is 603 g/mol. The SMILES string of the molecule is CN1C=C(Cn2c(-c3ncc(S(C)(=O)=O)cc3C3CC3)nc3sc4c(O)c(Cl)ccc4c3c2=O)C=NC1C(F)(F)F. The van der Waals surface area contributed by atoms with Crippen molar-refractivity contribution in [2.75, 3.05) is 13.3 Å². The quantitative estimate of drug-likeness (QED) is 0.329. The number of hydrogen-bond acceptors (Lipinski definition) is 9. The van der Waals surface area contributed by atoms with Gasteiger partial charge in [-0.15, -0.1) is 11.3 Å². The van der Waals surface area contributed by atoms with Crippen LogP contribution in [0.25, 0.3) is 31.8 Å². The molecule has 0 bridgehead atoms. The number of phenolic OH excluding ortho intramolecular Hbond substituents is 1. The number of sulfone groups is 1. The van der Waals surface area contributed by atoms with E-state index >= 15 is 0 Å². The van der Waals surface area contributed by atoms with Crippen LogP contribution in [0.1, 0.15) is 24.3 Å². The van der Waals surface area contributed by atoms with Gasteiger partial charge < -0.3 is 10.0 Å². The molecule has 1 aromatic carbocycles. The summed E-state index contributed by atoms with van der Waals surface area (Å²) < 4.78 is 66.3. The number of aromatic hydroxyl groups is 1. The van der Waals surface area contributed by atoms with Crippen LogP contribution >= 0.6 is 22.9 Å². The van der Waals surface area contributed by atoms with Crippen LogP contribution in [0.3, 0.4) is 0 Å². The fourth-order valence-electron chi connectivity index (χ4n) is 4.88. The average Bonchev–Trinajstić information content (AvgIpc) is 3.66. The summed E-state index contributed by atoms with van der Waals surface area (Å²) in [6, 6.07) is 4.60. The number of allylic oxidation sites excluding steroid dienone is 1. The normalized spacial score (nSPS) is 18.0. The van der Waals surface area contributed by atoms with Gasteiger partial charge in [0.05, 0.1) is 26.5 Å². The van der Waals surface area contributed by atoms with Crippen molar-refractivity contribution in [1.29, 1.82) is 0 Å². The lowest BCUT2D eigenvalue weighted by atomic mass is 10.1. The number of benzene rings is 1. The highest BCUT2D eigenvalue weighted by Gasteiger charge is 2.42. The smallest absolute Gasteiger partial charge is 0.429 e. The van der Waals surface area contributed by atoms with E-state index in [0.717, 1.165) is 41.5 Å². The number of hydrogen-bond donors (Lipinski definition) is 1. The number of pyridine rings is 1. The number of alkyl halides is 3. The third kappa shape index (κ3) is 4.87. The maximum atomic E-state index is 14.1. The maximum absolute atomic E-state index is 14.1. The van der Waals surface area contributed by atoms with Crippen molar-refractivity contribution in [2.45, 2.75) is 42.5 Å². The lowest BCUT2D eigenvalue weighted by Gasteiger charge is -2.29. The lowest BCUT2D eigenvalue weighted by molar-refractivity contribution is -0.172. The molecule has 1 saturated carbocycles. The molecule has 1 unspecified atom stereocenters. The van der Waals surface area contributed by atoms with Crippen molar-refractivity contribution in [1.82, 2.24) is 19.4 Å². The number of thiophene rings is 1. The van der Waals surface area contributed by atoms with Gasteiger partial charge in [0.1, 0.15) is 10.5 Å². The van der Waals surface area contributed by atoms with Gasteiger partial charge in [0.25, 0.3) is 5.56 Å². The summed E-state index contributed by atoms with van der Waals surface area (Å²) in [7, 11) is -2.32. The van der Waals surface area contributed by atoms with Crippen LogP contribution in [-0.2, 0) is 16.4 Å². The molecule has 0 spiro atoms. The first-order chi connectivity index (χ1) is 19.2. The molecule has 2 aliphatic rings. The Bertz CT molecular complexity index is 1980. The number of rotatable bonds is 5. The largest absolute Gasteiger partial charge is 0.505 e. The first kappa shape index (κ1) is 27.7. The van der Waals surface area contributed by atoms with E-state index in [4.69, 9.17) is 16.6 Å². The fraction of sp³-hybridized carbons (Fsp3) is 0.308. The number of nitrogens with zero attached hydrogens (tertiary/aromatic N) is 5. The summed E-state index contributed by atoms with van der Waals surface area (Å²) >= 11 is 7.17. The van der Waals surface area contributed by atoms with E-state index in [2.05, 4.69) is 9.98 Å². The number of fused-ring (bicyclic) bond motifs is 3. The van der Waals surface area contributed by atoms with E-state index < -0.39 is 27.7 Å². The van der Waals surface area contributed by atoms with Gasteiger partial charge >= 0.3 is 6.18 Å². The second-order valence-corrected chi connectivity index (χ2v) is 13.5. The third-order valence-corrected chi connectivity index (χ3v) is 9.50. The van der Waals surface area contributed by atoms with Crippen LogP contribution in [-0.4, -0.2) is 64.8 Å². The number of halogens is 4. The standard InChI is InChI=1S/C26H21ClF3N5O4S2/c1-34-10-12(8-32-25(34)26(28,29)30)11-35-22(19-16(13-3-4-13)7-14(9-31-19)41(2,38)39)33-23-18(24(35)37)15-5-6-17(27)20(36)21(15)40-23/h5-10,13,25,36H,3-4,11H2,1-2H3. The summed E-state index contributed by atoms with van der Waals surface area (Å²) in [6.45, 7) is -0.188. The van der Waals surface area contributed by atoms with Crippen molar-refractivity contribution < 1.29 is 26.7 Å². The molecule has 15 heteroatoms. The molecule has 4 aromatic rings. The first-order valence-electron chi connectivity index (χ1n) is 12.3. The Morgan fingerprint density at radius 2 is 1.98 bits per heavy atom. The van der Waals surface area contributed by atoms with Gasteiger partial charge in [0.2, 0.25) is 6.17 Å². The zero-order valence-corrected chi connectivity index (χ0v) is 23.9. The van der Waals surface area contributed by atoms with Gasteiger partial charge in [-0.05, 0) is 36.5 Å². The Morgan fingerprint density at radius 3 is 2.61 bits per heavy atom. The molecule has 3 aromatic heterocycles. The Hall–Kier alpha value is -3.49. The van der Waals surface area contributed by atoms with E-state index in [1.54, 1.807) is 6.07 Å². The van der Waals surface area contributed by atoms with Gasteiger partial charge in [-0.2, -0.15) is 13.2 Å². The number of phenols is 1. The minimum Gasteiger partial charge on any atom is -0.505 e. The second-order valence-electron chi connectivity index (χ2n) is 10.1. The van der Waals surface area contributed by atoms with Crippen molar-refractivity contribution in [3.63, 3.8) is 0 Å². The average molecular weight is 624 g/mol. The Morgan fingerprint density at radius 1 is 1.24 bits per heavy atom. The van der Waals surface area contributed by atoms with E-state index in [1.807, 2.05) is 0 Å². The summed E-state index contributed by atoms with van der Waals surface area (Å²) in [6.07, 6.45) is -0.410. The second kappa shape index (κ2) is 9.53. The van der Waals surface area contributed by atoms with E-state index in [0.29, 0.717) is 31.7 Å². The number of aliphatic imine (C=N–C) groups is 1. The van der Waals surface area contributed by atoms with Crippen LogP contribution in [0.4, 0.5) is 13.2 Å². The molecule has 1 fully saturated rings. The fourth-order valence-corrected chi connectivity index (χ4v) is 6.79. The maximum Gasteiger partial charge on any atom is 0.429 e. The molecule has 1 N–H and O–H groups in total. The Kier molecular flexibility index (Phi) is 6.43. The van der Waals surface area contributed by atoms with Gasteiger partial charge in [-0.25, -0.2) is 13.4 Å². The molecule has 0 saturated heterocycles. The monoisotopic (exact) mass is 623 g/mol.